The Kier molecular flexibility index (Phi) is 3.66. The molecule has 0 spiro atoms. The standard InChI is InChI=1S/C16H16F3N3O/c1-22-8-7-20-13(22)10-21-14(23)15(5-6-15)11-3-2-4-12(9-11)16(17,18)19/h2-4,7-9H,5-6,10H2,1H3,(H,21,23). The molecule has 1 aromatic heterocycles. The number of aryl methyl sites for hydroxylation is 1. The molecule has 1 aromatic carbocycles. The zero-order valence-corrected chi connectivity index (χ0v) is 12.5. The molecule has 0 atom stereocenters. The fourth-order valence-electron chi connectivity index (χ4n) is 2.66. The lowest BCUT2D eigenvalue weighted by Crippen LogP contribution is -2.35. The van der Waals surface area contributed by atoms with Crippen molar-refractivity contribution in [1.29, 1.82) is 0 Å². The van der Waals surface area contributed by atoms with Crippen LogP contribution < -0.4 is 5.32 Å². The van der Waals surface area contributed by atoms with E-state index in [-0.39, 0.29) is 12.5 Å². The van der Waals surface area contributed by atoms with E-state index in [9.17, 15) is 18.0 Å². The zero-order chi connectivity index (χ0) is 16.7. The maximum absolute atomic E-state index is 12.8. The first kappa shape index (κ1) is 15.6. The Labute approximate surface area is 131 Å². The Morgan fingerprint density at radius 1 is 1.39 bits per heavy atom. The second-order valence-electron chi connectivity index (χ2n) is 5.80. The summed E-state index contributed by atoms with van der Waals surface area (Å²) in [5, 5.41) is 2.78. The molecular formula is C16H16F3N3O. The van der Waals surface area contributed by atoms with Gasteiger partial charge < -0.3 is 9.88 Å². The van der Waals surface area contributed by atoms with Gasteiger partial charge in [0, 0.05) is 19.4 Å². The van der Waals surface area contributed by atoms with Crippen molar-refractivity contribution in [2.75, 3.05) is 0 Å². The first-order valence-electron chi connectivity index (χ1n) is 7.25. The third-order valence-corrected chi connectivity index (χ3v) is 4.26. The van der Waals surface area contributed by atoms with E-state index in [4.69, 9.17) is 0 Å². The van der Waals surface area contributed by atoms with E-state index in [1.54, 1.807) is 23.0 Å². The van der Waals surface area contributed by atoms with Crippen LogP contribution in [0, 0.1) is 0 Å². The predicted molar refractivity (Wildman–Crippen MR) is 77.4 cm³/mol. The number of rotatable bonds is 4. The molecule has 23 heavy (non-hydrogen) atoms. The molecule has 0 radical (unpaired) electrons. The lowest BCUT2D eigenvalue weighted by atomic mass is 9.93. The largest absolute Gasteiger partial charge is 0.416 e. The predicted octanol–water partition coefficient (Wildman–Crippen LogP) is 2.79. The monoisotopic (exact) mass is 323 g/mol. The molecule has 3 rings (SSSR count). The highest BCUT2D eigenvalue weighted by Gasteiger charge is 2.51. The molecule has 1 fully saturated rings. The summed E-state index contributed by atoms with van der Waals surface area (Å²) in [6.45, 7) is 0.253. The third-order valence-electron chi connectivity index (χ3n) is 4.26. The quantitative estimate of drug-likeness (QED) is 0.940. The van der Waals surface area contributed by atoms with Gasteiger partial charge in [0.05, 0.1) is 17.5 Å². The number of amides is 1. The normalized spacial score (nSPS) is 16.2. The highest BCUT2D eigenvalue weighted by molar-refractivity contribution is 5.91. The summed E-state index contributed by atoms with van der Waals surface area (Å²) >= 11 is 0. The molecule has 0 saturated heterocycles. The van der Waals surface area contributed by atoms with Crippen molar-refractivity contribution in [2.24, 2.45) is 7.05 Å². The second-order valence-corrected chi connectivity index (χ2v) is 5.80. The Balaban J connectivity index is 1.77. The number of hydrogen-bond donors (Lipinski definition) is 1. The van der Waals surface area contributed by atoms with Gasteiger partial charge in [-0.25, -0.2) is 4.98 Å². The zero-order valence-electron chi connectivity index (χ0n) is 12.5. The molecule has 4 nitrogen and oxygen atoms in total. The van der Waals surface area contributed by atoms with Gasteiger partial charge in [0.25, 0.3) is 0 Å². The van der Waals surface area contributed by atoms with E-state index in [0.29, 0.717) is 24.2 Å². The summed E-state index contributed by atoms with van der Waals surface area (Å²) in [5.41, 5.74) is -1.14. The molecular weight excluding hydrogens is 307 g/mol. The number of halogens is 3. The number of alkyl halides is 3. The molecule has 1 aliphatic rings. The maximum Gasteiger partial charge on any atom is 0.416 e. The van der Waals surface area contributed by atoms with Gasteiger partial charge in [-0.2, -0.15) is 13.2 Å². The number of carbonyl (C=O) groups is 1. The van der Waals surface area contributed by atoms with Crippen LogP contribution >= 0.6 is 0 Å². The minimum Gasteiger partial charge on any atom is -0.348 e. The molecule has 1 saturated carbocycles. The minimum atomic E-state index is -4.41. The van der Waals surface area contributed by atoms with Crippen molar-refractivity contribution in [1.82, 2.24) is 14.9 Å². The summed E-state index contributed by atoms with van der Waals surface area (Å²) in [5.74, 6) is 0.443. The molecule has 1 N–H and O–H groups in total. The molecule has 1 heterocycles. The van der Waals surface area contributed by atoms with Crippen LogP contribution in [0.3, 0.4) is 0 Å². The third kappa shape index (κ3) is 2.95. The molecule has 122 valence electrons. The summed E-state index contributed by atoms with van der Waals surface area (Å²) in [4.78, 5) is 16.6. The molecule has 2 aromatic rings. The Bertz CT molecular complexity index is 732. The number of hydrogen-bond acceptors (Lipinski definition) is 2. The van der Waals surface area contributed by atoms with Crippen molar-refractivity contribution in [2.45, 2.75) is 31.0 Å². The summed E-state index contributed by atoms with van der Waals surface area (Å²) < 4.78 is 40.3. The van der Waals surface area contributed by atoms with E-state index >= 15 is 0 Å². The van der Waals surface area contributed by atoms with Crippen LogP contribution in [0.5, 0.6) is 0 Å². The number of benzene rings is 1. The summed E-state index contributed by atoms with van der Waals surface area (Å²) in [6, 6.07) is 5.03. The lowest BCUT2D eigenvalue weighted by Gasteiger charge is -2.17. The van der Waals surface area contributed by atoms with Gasteiger partial charge in [-0.3, -0.25) is 4.79 Å². The molecule has 0 unspecified atom stereocenters. The summed E-state index contributed by atoms with van der Waals surface area (Å²) in [7, 11) is 1.81. The van der Waals surface area contributed by atoms with E-state index < -0.39 is 17.2 Å². The minimum absolute atomic E-state index is 0.250. The van der Waals surface area contributed by atoms with Crippen LogP contribution in [0.2, 0.25) is 0 Å². The number of carbonyl (C=O) groups excluding carboxylic acids is 1. The van der Waals surface area contributed by atoms with E-state index in [1.807, 2.05) is 7.05 Å². The Morgan fingerprint density at radius 3 is 2.70 bits per heavy atom. The first-order valence-corrected chi connectivity index (χ1v) is 7.25. The van der Waals surface area contributed by atoms with Crippen LogP contribution in [0.1, 0.15) is 29.8 Å². The molecule has 1 aliphatic carbocycles. The van der Waals surface area contributed by atoms with Gasteiger partial charge in [-0.1, -0.05) is 18.2 Å². The van der Waals surface area contributed by atoms with Gasteiger partial charge in [-0.15, -0.1) is 0 Å². The van der Waals surface area contributed by atoms with Crippen molar-refractivity contribution < 1.29 is 18.0 Å². The average Bonchev–Trinajstić information content (AvgIpc) is 3.22. The van der Waals surface area contributed by atoms with E-state index in [1.165, 1.54) is 6.07 Å². The van der Waals surface area contributed by atoms with Gasteiger partial charge in [0.1, 0.15) is 5.82 Å². The van der Waals surface area contributed by atoms with Gasteiger partial charge in [-0.05, 0) is 24.5 Å². The van der Waals surface area contributed by atoms with Crippen molar-refractivity contribution >= 4 is 5.91 Å². The Hall–Kier alpha value is -2.31. The maximum atomic E-state index is 12.8. The van der Waals surface area contributed by atoms with Gasteiger partial charge in [0.15, 0.2) is 0 Å². The summed E-state index contributed by atoms with van der Waals surface area (Å²) in [6.07, 6.45) is 0.0965. The van der Waals surface area contributed by atoms with Crippen LogP contribution in [-0.2, 0) is 30.0 Å². The number of nitrogens with zero attached hydrogens (tertiary/aromatic N) is 2. The highest BCUT2D eigenvalue weighted by atomic mass is 19.4. The van der Waals surface area contributed by atoms with E-state index in [2.05, 4.69) is 10.3 Å². The van der Waals surface area contributed by atoms with Crippen LogP contribution in [-0.4, -0.2) is 15.5 Å². The topological polar surface area (TPSA) is 46.9 Å². The molecule has 0 aliphatic heterocycles. The Morgan fingerprint density at radius 2 is 2.13 bits per heavy atom. The fraction of sp³-hybridized carbons (Fsp3) is 0.375. The lowest BCUT2D eigenvalue weighted by molar-refractivity contribution is -0.137. The number of imidazole rings is 1. The van der Waals surface area contributed by atoms with Gasteiger partial charge >= 0.3 is 6.18 Å². The van der Waals surface area contributed by atoms with Gasteiger partial charge in [0.2, 0.25) is 5.91 Å². The van der Waals surface area contributed by atoms with Crippen LogP contribution in [0.25, 0.3) is 0 Å². The van der Waals surface area contributed by atoms with Crippen molar-refractivity contribution in [3.05, 3.63) is 53.6 Å². The second kappa shape index (κ2) is 5.40. The van der Waals surface area contributed by atoms with Crippen molar-refractivity contribution in [3.8, 4) is 0 Å². The van der Waals surface area contributed by atoms with Crippen molar-refractivity contribution in [3.63, 3.8) is 0 Å². The molecule has 1 amide bonds. The van der Waals surface area contributed by atoms with E-state index in [0.717, 1.165) is 12.1 Å². The van der Waals surface area contributed by atoms with Crippen LogP contribution in [0.4, 0.5) is 13.2 Å². The van der Waals surface area contributed by atoms with Crippen LogP contribution in [0.15, 0.2) is 36.7 Å². The highest BCUT2D eigenvalue weighted by Crippen LogP contribution is 2.49. The smallest absolute Gasteiger partial charge is 0.348 e. The number of aromatic nitrogens is 2. The number of nitrogens with one attached hydrogen (secondary N) is 1. The average molecular weight is 323 g/mol. The molecule has 7 heteroatoms. The fourth-order valence-corrected chi connectivity index (χ4v) is 2.66. The first-order chi connectivity index (χ1) is 10.8. The SMILES string of the molecule is Cn1ccnc1CNC(=O)C1(c2cccc(C(F)(F)F)c2)CC1. The molecule has 0 bridgehead atoms.